The molecule has 1 aromatic carbocycles. The third-order valence-electron chi connectivity index (χ3n) is 5.96. The molecule has 0 saturated heterocycles. The smallest absolute Gasteiger partial charge is 0.146 e. The van der Waals surface area contributed by atoms with Crippen LogP contribution in [0.4, 0.5) is 0 Å². The molecule has 0 spiro atoms. The van der Waals surface area contributed by atoms with E-state index in [1.165, 1.54) is 56.9 Å². The Labute approximate surface area is 204 Å². The molecule has 1 atom stereocenters. The number of hydrogen-bond donors (Lipinski definition) is 1. The highest BCUT2D eigenvalue weighted by Crippen LogP contribution is 2.17. The molecule has 0 amide bonds. The molecule has 0 fully saturated rings. The van der Waals surface area contributed by atoms with Crippen LogP contribution in [0.15, 0.2) is 54.0 Å². The summed E-state index contributed by atoms with van der Waals surface area (Å²) in [6.07, 6.45) is 13.0. The molecule has 0 aliphatic rings. The van der Waals surface area contributed by atoms with Crippen LogP contribution >= 0.6 is 0 Å². The number of nitrogens with zero attached hydrogens (tertiary/aromatic N) is 2. The third kappa shape index (κ3) is 13.3. The molecule has 0 aromatic heterocycles. The van der Waals surface area contributed by atoms with Gasteiger partial charge < -0.3 is 15.1 Å². The summed E-state index contributed by atoms with van der Waals surface area (Å²) >= 11 is 0. The summed E-state index contributed by atoms with van der Waals surface area (Å²) in [5, 5.41) is 7.73. The van der Waals surface area contributed by atoms with E-state index in [9.17, 15) is 0 Å². The number of benzene rings is 1. The van der Waals surface area contributed by atoms with Gasteiger partial charge in [0.1, 0.15) is 5.76 Å². The van der Waals surface area contributed by atoms with E-state index < -0.39 is 0 Å². The standard InChI is InChI=1S/C29H49N3O/c1-8-10-11-12-13-14-15-16-17-27-18-20-28(21-19-27)29(24(3)9-2)31-33-26(5)22-30-25(4)23-32(6)7/h18-21,24,30H,4-5,8-17,22-23H2,1-3,6-7H3/b31-29+. The molecular formula is C29H49N3O. The number of nitrogens with one attached hydrogen (secondary N) is 1. The average molecular weight is 456 g/mol. The van der Waals surface area contributed by atoms with Crippen LogP contribution in [0.25, 0.3) is 0 Å². The van der Waals surface area contributed by atoms with E-state index in [0.29, 0.717) is 18.2 Å². The van der Waals surface area contributed by atoms with Crippen molar-refractivity contribution in [3.63, 3.8) is 0 Å². The summed E-state index contributed by atoms with van der Waals surface area (Å²) in [5.74, 6) is 0.898. The van der Waals surface area contributed by atoms with Crippen LogP contribution in [-0.4, -0.2) is 37.8 Å². The maximum absolute atomic E-state index is 5.67. The number of oxime groups is 1. The van der Waals surface area contributed by atoms with Gasteiger partial charge in [-0.3, -0.25) is 0 Å². The van der Waals surface area contributed by atoms with Gasteiger partial charge >= 0.3 is 0 Å². The summed E-state index contributed by atoms with van der Waals surface area (Å²) < 4.78 is 0. The molecule has 0 radical (unpaired) electrons. The molecule has 0 heterocycles. The highest BCUT2D eigenvalue weighted by atomic mass is 16.6. The van der Waals surface area contributed by atoms with Crippen molar-refractivity contribution in [3.8, 4) is 0 Å². The van der Waals surface area contributed by atoms with Crippen molar-refractivity contribution < 1.29 is 4.84 Å². The van der Waals surface area contributed by atoms with Gasteiger partial charge in [0.15, 0.2) is 0 Å². The van der Waals surface area contributed by atoms with Crippen LogP contribution in [0.3, 0.4) is 0 Å². The van der Waals surface area contributed by atoms with Gasteiger partial charge in [-0.1, -0.05) is 108 Å². The maximum Gasteiger partial charge on any atom is 0.146 e. The molecule has 1 aromatic rings. The molecule has 1 rings (SSSR count). The Morgan fingerprint density at radius 3 is 2.15 bits per heavy atom. The minimum absolute atomic E-state index is 0.313. The van der Waals surface area contributed by atoms with Gasteiger partial charge in [0.25, 0.3) is 0 Å². The molecule has 0 bridgehead atoms. The Balaban J connectivity index is 2.54. The Bertz CT molecular complexity index is 706. The zero-order chi connectivity index (χ0) is 24.5. The van der Waals surface area contributed by atoms with Crippen LogP contribution in [-0.2, 0) is 11.3 Å². The SMILES string of the molecule is C=C(CN(C)C)NCC(=C)O/N=C(/c1ccc(CCCCCCCCCC)cc1)C(C)CC. The fourth-order valence-corrected chi connectivity index (χ4v) is 3.73. The van der Waals surface area contributed by atoms with Crippen molar-refractivity contribution in [1.82, 2.24) is 10.2 Å². The normalized spacial score (nSPS) is 12.6. The molecule has 1 N–H and O–H groups in total. The van der Waals surface area contributed by atoms with Gasteiger partial charge in [0.05, 0.1) is 12.3 Å². The van der Waals surface area contributed by atoms with Crippen LogP contribution in [0.2, 0.25) is 0 Å². The van der Waals surface area contributed by atoms with Crippen LogP contribution in [0, 0.1) is 5.92 Å². The van der Waals surface area contributed by atoms with Crippen LogP contribution in [0.5, 0.6) is 0 Å². The van der Waals surface area contributed by atoms with Crippen molar-refractivity contribution in [3.05, 3.63) is 60.0 Å². The summed E-state index contributed by atoms with van der Waals surface area (Å²) in [5.41, 5.74) is 4.44. The monoisotopic (exact) mass is 455 g/mol. The predicted molar refractivity (Wildman–Crippen MR) is 145 cm³/mol. The van der Waals surface area contributed by atoms with Crippen molar-refractivity contribution in [1.29, 1.82) is 0 Å². The number of likely N-dealkylation sites (N-methyl/N-ethyl adjacent to an activating group) is 1. The number of aryl methyl sites for hydroxylation is 1. The number of rotatable bonds is 19. The molecule has 4 heteroatoms. The van der Waals surface area contributed by atoms with Crippen molar-refractivity contribution in [2.75, 3.05) is 27.2 Å². The topological polar surface area (TPSA) is 36.9 Å². The highest BCUT2D eigenvalue weighted by Gasteiger charge is 2.13. The molecule has 0 saturated carbocycles. The number of unbranched alkanes of at least 4 members (excludes halogenated alkanes) is 7. The van der Waals surface area contributed by atoms with Gasteiger partial charge in [-0.15, -0.1) is 0 Å². The van der Waals surface area contributed by atoms with Gasteiger partial charge in [-0.25, -0.2) is 0 Å². The van der Waals surface area contributed by atoms with E-state index in [2.05, 4.69) is 73.6 Å². The fourth-order valence-electron chi connectivity index (χ4n) is 3.73. The second-order valence-corrected chi connectivity index (χ2v) is 9.53. The highest BCUT2D eigenvalue weighted by molar-refractivity contribution is 6.01. The number of hydrogen-bond acceptors (Lipinski definition) is 4. The van der Waals surface area contributed by atoms with E-state index in [4.69, 9.17) is 4.84 Å². The molecule has 4 nitrogen and oxygen atoms in total. The Morgan fingerprint density at radius 2 is 1.58 bits per heavy atom. The second-order valence-electron chi connectivity index (χ2n) is 9.53. The summed E-state index contributed by atoms with van der Waals surface area (Å²) in [6, 6.07) is 8.87. The molecule has 0 aliphatic heterocycles. The first-order valence-electron chi connectivity index (χ1n) is 13.0. The lowest BCUT2D eigenvalue weighted by molar-refractivity contribution is 0.220. The summed E-state index contributed by atoms with van der Waals surface area (Å²) in [4.78, 5) is 7.74. The molecule has 186 valence electrons. The predicted octanol–water partition coefficient (Wildman–Crippen LogP) is 7.32. The minimum Gasteiger partial charge on any atom is -0.380 e. The van der Waals surface area contributed by atoms with Gasteiger partial charge in [0, 0.05) is 18.2 Å². The zero-order valence-electron chi connectivity index (χ0n) is 22.1. The summed E-state index contributed by atoms with van der Waals surface area (Å²) in [6.45, 7) is 15.9. The Morgan fingerprint density at radius 1 is 0.970 bits per heavy atom. The van der Waals surface area contributed by atoms with E-state index in [1.54, 1.807) is 0 Å². The molecule has 33 heavy (non-hydrogen) atoms. The fraction of sp³-hybridized carbons (Fsp3) is 0.621. The largest absolute Gasteiger partial charge is 0.380 e. The van der Waals surface area contributed by atoms with E-state index >= 15 is 0 Å². The van der Waals surface area contributed by atoms with Gasteiger partial charge in [-0.05, 0) is 44.5 Å². The van der Waals surface area contributed by atoms with Crippen LogP contribution < -0.4 is 5.32 Å². The first kappa shape index (κ1) is 29.0. The van der Waals surface area contributed by atoms with Crippen molar-refractivity contribution >= 4 is 5.71 Å². The lowest BCUT2D eigenvalue weighted by Gasteiger charge is -2.16. The van der Waals surface area contributed by atoms with Crippen LogP contribution in [0.1, 0.15) is 89.7 Å². The van der Waals surface area contributed by atoms with E-state index in [0.717, 1.165) is 36.4 Å². The lowest BCUT2D eigenvalue weighted by atomic mass is 9.95. The van der Waals surface area contributed by atoms with Crippen molar-refractivity contribution in [2.45, 2.75) is 85.0 Å². The Hall–Kier alpha value is -2.07. The van der Waals surface area contributed by atoms with E-state index in [1.807, 2.05) is 14.1 Å². The molecule has 0 aliphatic carbocycles. The van der Waals surface area contributed by atoms with Crippen molar-refractivity contribution in [2.24, 2.45) is 11.1 Å². The second kappa shape index (κ2) is 17.4. The minimum atomic E-state index is 0.313. The lowest BCUT2D eigenvalue weighted by Crippen LogP contribution is -2.25. The third-order valence-corrected chi connectivity index (χ3v) is 5.96. The average Bonchev–Trinajstić information content (AvgIpc) is 2.79. The van der Waals surface area contributed by atoms with E-state index in [-0.39, 0.29) is 0 Å². The quantitative estimate of drug-likeness (QED) is 0.103. The Kier molecular flexibility index (Phi) is 15.3. The zero-order valence-corrected chi connectivity index (χ0v) is 22.1. The first-order chi connectivity index (χ1) is 15.9. The summed E-state index contributed by atoms with van der Waals surface area (Å²) in [7, 11) is 4.03. The maximum atomic E-state index is 5.67. The van der Waals surface area contributed by atoms with Gasteiger partial charge in [-0.2, -0.15) is 0 Å². The molecule has 1 unspecified atom stereocenters. The molecular weight excluding hydrogens is 406 g/mol. The van der Waals surface area contributed by atoms with Gasteiger partial charge in [0.2, 0.25) is 0 Å². The first-order valence-corrected chi connectivity index (χ1v) is 13.0.